The molecule has 0 spiro atoms. The van der Waals surface area contributed by atoms with E-state index in [2.05, 4.69) is 15.7 Å². The summed E-state index contributed by atoms with van der Waals surface area (Å²) in [6.45, 7) is 0.244. The lowest BCUT2D eigenvalue weighted by molar-refractivity contribution is -0.137. The van der Waals surface area contributed by atoms with Crippen LogP contribution < -0.4 is 10.6 Å². The second-order valence-electron chi connectivity index (χ2n) is 6.09. The van der Waals surface area contributed by atoms with Crippen molar-refractivity contribution in [3.63, 3.8) is 0 Å². The maximum absolute atomic E-state index is 12.7. The number of amides is 2. The first-order valence-electron chi connectivity index (χ1n) is 8.10. The molecule has 1 aromatic heterocycles. The molecule has 0 aliphatic heterocycles. The van der Waals surface area contributed by atoms with Gasteiger partial charge in [0, 0.05) is 18.4 Å². The average Bonchev–Trinajstić information content (AvgIpc) is 2.89. The largest absolute Gasteiger partial charge is 0.416 e. The zero-order valence-corrected chi connectivity index (χ0v) is 13.8. The number of benzene rings is 1. The fraction of sp³-hybridized carbons (Fsp3) is 0.412. The molecule has 5 nitrogen and oxygen atoms in total. The SMILES string of the molecule is Cn1nc(CNC(=O)Nc2cccc(C(F)(F)F)c2)c2c1CCCC2. The Bertz CT molecular complexity index is 783. The van der Waals surface area contributed by atoms with Gasteiger partial charge in [-0.25, -0.2) is 4.79 Å². The molecular weight excluding hydrogens is 333 g/mol. The number of carbonyl (C=O) groups excluding carboxylic acids is 1. The summed E-state index contributed by atoms with van der Waals surface area (Å²) in [5.41, 5.74) is 2.48. The van der Waals surface area contributed by atoms with Crippen LogP contribution in [0.5, 0.6) is 0 Å². The van der Waals surface area contributed by atoms with Gasteiger partial charge in [0.05, 0.1) is 17.8 Å². The van der Waals surface area contributed by atoms with E-state index in [1.165, 1.54) is 23.4 Å². The van der Waals surface area contributed by atoms with Crippen molar-refractivity contribution in [2.45, 2.75) is 38.4 Å². The van der Waals surface area contributed by atoms with Crippen LogP contribution in [0.25, 0.3) is 0 Å². The Morgan fingerprint density at radius 1 is 1.28 bits per heavy atom. The lowest BCUT2D eigenvalue weighted by Crippen LogP contribution is -2.29. The number of carbonyl (C=O) groups is 1. The molecule has 2 aromatic rings. The molecule has 1 aromatic carbocycles. The summed E-state index contributed by atoms with van der Waals surface area (Å²) in [7, 11) is 1.89. The van der Waals surface area contributed by atoms with Crippen LogP contribution in [0.3, 0.4) is 0 Å². The van der Waals surface area contributed by atoms with E-state index in [1.54, 1.807) is 0 Å². The smallest absolute Gasteiger partial charge is 0.332 e. The summed E-state index contributed by atoms with van der Waals surface area (Å²) in [4.78, 5) is 12.0. The number of anilines is 1. The van der Waals surface area contributed by atoms with Crippen molar-refractivity contribution in [1.82, 2.24) is 15.1 Å². The van der Waals surface area contributed by atoms with Crippen LogP contribution in [0, 0.1) is 0 Å². The van der Waals surface area contributed by atoms with Crippen molar-refractivity contribution < 1.29 is 18.0 Å². The Hall–Kier alpha value is -2.51. The molecule has 0 saturated heterocycles. The number of aromatic nitrogens is 2. The van der Waals surface area contributed by atoms with E-state index >= 15 is 0 Å². The number of halogens is 3. The lowest BCUT2D eigenvalue weighted by atomic mass is 9.96. The van der Waals surface area contributed by atoms with E-state index in [9.17, 15) is 18.0 Å². The fourth-order valence-electron chi connectivity index (χ4n) is 3.11. The number of urea groups is 1. The molecule has 0 saturated carbocycles. The van der Waals surface area contributed by atoms with Gasteiger partial charge >= 0.3 is 12.2 Å². The van der Waals surface area contributed by atoms with Crippen LogP contribution in [0.2, 0.25) is 0 Å². The molecule has 134 valence electrons. The van der Waals surface area contributed by atoms with Gasteiger partial charge in [-0.05, 0) is 49.4 Å². The summed E-state index contributed by atoms with van der Waals surface area (Å²) < 4.78 is 39.9. The van der Waals surface area contributed by atoms with E-state index in [0.717, 1.165) is 43.5 Å². The number of fused-ring (bicyclic) bond motifs is 1. The van der Waals surface area contributed by atoms with E-state index in [-0.39, 0.29) is 12.2 Å². The Morgan fingerprint density at radius 2 is 2.04 bits per heavy atom. The molecule has 0 atom stereocenters. The van der Waals surface area contributed by atoms with Gasteiger partial charge in [0.25, 0.3) is 0 Å². The van der Waals surface area contributed by atoms with Crippen LogP contribution in [0.1, 0.15) is 35.4 Å². The third-order valence-corrected chi connectivity index (χ3v) is 4.31. The highest BCUT2D eigenvalue weighted by molar-refractivity contribution is 5.89. The quantitative estimate of drug-likeness (QED) is 0.886. The van der Waals surface area contributed by atoms with Crippen LogP contribution in [0.15, 0.2) is 24.3 Å². The lowest BCUT2D eigenvalue weighted by Gasteiger charge is -2.13. The van der Waals surface area contributed by atoms with Gasteiger partial charge in [0.2, 0.25) is 0 Å². The highest BCUT2D eigenvalue weighted by Gasteiger charge is 2.30. The summed E-state index contributed by atoms with van der Waals surface area (Å²) in [6.07, 6.45) is -0.288. The highest BCUT2D eigenvalue weighted by Crippen LogP contribution is 2.30. The molecule has 1 heterocycles. The number of hydrogen-bond acceptors (Lipinski definition) is 2. The van der Waals surface area contributed by atoms with Gasteiger partial charge in [-0.3, -0.25) is 4.68 Å². The Labute approximate surface area is 143 Å². The summed E-state index contributed by atoms with van der Waals surface area (Å²) in [5.74, 6) is 0. The van der Waals surface area contributed by atoms with Crippen LogP contribution >= 0.6 is 0 Å². The first-order chi connectivity index (χ1) is 11.8. The standard InChI is InChI=1S/C17H19F3N4O/c1-24-15-8-3-2-7-13(15)14(23-24)10-21-16(25)22-12-6-4-5-11(9-12)17(18,19)20/h4-6,9H,2-3,7-8,10H2,1H3,(H2,21,22,25). The van der Waals surface area contributed by atoms with Gasteiger partial charge in [0.1, 0.15) is 0 Å². The maximum atomic E-state index is 12.7. The number of nitrogens with zero attached hydrogens (tertiary/aromatic N) is 2. The van der Waals surface area contributed by atoms with Crippen molar-refractivity contribution in [3.8, 4) is 0 Å². The highest BCUT2D eigenvalue weighted by atomic mass is 19.4. The van der Waals surface area contributed by atoms with E-state index < -0.39 is 17.8 Å². The third-order valence-electron chi connectivity index (χ3n) is 4.31. The zero-order chi connectivity index (χ0) is 18.0. The van der Waals surface area contributed by atoms with E-state index in [4.69, 9.17) is 0 Å². The number of aryl methyl sites for hydroxylation is 1. The van der Waals surface area contributed by atoms with Crippen molar-refractivity contribution >= 4 is 11.7 Å². The molecule has 1 aliphatic rings. The van der Waals surface area contributed by atoms with E-state index in [1.807, 2.05) is 11.7 Å². The number of hydrogen-bond donors (Lipinski definition) is 2. The molecule has 0 fully saturated rings. The van der Waals surface area contributed by atoms with Crippen LogP contribution in [-0.4, -0.2) is 15.8 Å². The molecule has 1 aliphatic carbocycles. The van der Waals surface area contributed by atoms with Crippen LogP contribution in [0.4, 0.5) is 23.7 Å². The van der Waals surface area contributed by atoms with Gasteiger partial charge < -0.3 is 10.6 Å². The molecule has 2 amide bonds. The number of rotatable bonds is 3. The third kappa shape index (κ3) is 3.94. The minimum Gasteiger partial charge on any atom is -0.332 e. The number of nitrogens with one attached hydrogen (secondary N) is 2. The maximum Gasteiger partial charge on any atom is 0.416 e. The first-order valence-corrected chi connectivity index (χ1v) is 8.10. The monoisotopic (exact) mass is 352 g/mol. The minimum absolute atomic E-state index is 0.0929. The minimum atomic E-state index is -4.44. The van der Waals surface area contributed by atoms with Crippen molar-refractivity contribution in [2.75, 3.05) is 5.32 Å². The predicted octanol–water partition coefficient (Wildman–Crippen LogP) is 3.64. The molecule has 3 rings (SSSR count). The van der Waals surface area contributed by atoms with Gasteiger partial charge in [-0.2, -0.15) is 18.3 Å². The topological polar surface area (TPSA) is 59.0 Å². The predicted molar refractivity (Wildman–Crippen MR) is 87.2 cm³/mol. The van der Waals surface area contributed by atoms with Crippen molar-refractivity contribution in [3.05, 3.63) is 46.8 Å². The van der Waals surface area contributed by atoms with Gasteiger partial charge in [-0.15, -0.1) is 0 Å². The molecule has 0 bridgehead atoms. The number of alkyl halides is 3. The molecule has 25 heavy (non-hydrogen) atoms. The van der Waals surface area contributed by atoms with Crippen molar-refractivity contribution in [1.29, 1.82) is 0 Å². The van der Waals surface area contributed by atoms with Gasteiger partial charge in [0.15, 0.2) is 0 Å². The normalized spacial score (nSPS) is 14.1. The molecule has 2 N–H and O–H groups in total. The zero-order valence-electron chi connectivity index (χ0n) is 13.8. The summed E-state index contributed by atoms with van der Waals surface area (Å²) in [6, 6.07) is 3.98. The second kappa shape index (κ2) is 6.78. The van der Waals surface area contributed by atoms with E-state index in [0.29, 0.717) is 0 Å². The Balaban J connectivity index is 1.62. The molecule has 8 heteroatoms. The summed E-state index contributed by atoms with van der Waals surface area (Å²) in [5, 5.41) is 9.53. The summed E-state index contributed by atoms with van der Waals surface area (Å²) >= 11 is 0. The van der Waals surface area contributed by atoms with Crippen LogP contribution in [-0.2, 0) is 32.6 Å². The Morgan fingerprint density at radius 3 is 2.80 bits per heavy atom. The van der Waals surface area contributed by atoms with Gasteiger partial charge in [-0.1, -0.05) is 6.07 Å². The molecule has 0 radical (unpaired) electrons. The average molecular weight is 352 g/mol. The molecular formula is C17H19F3N4O. The second-order valence-corrected chi connectivity index (χ2v) is 6.09. The fourth-order valence-corrected chi connectivity index (χ4v) is 3.11. The molecule has 0 unspecified atom stereocenters. The first kappa shape index (κ1) is 17.3. The van der Waals surface area contributed by atoms with Crippen molar-refractivity contribution in [2.24, 2.45) is 7.05 Å². The Kier molecular flexibility index (Phi) is 4.69.